The summed E-state index contributed by atoms with van der Waals surface area (Å²) < 4.78 is 5.26. The van der Waals surface area contributed by atoms with Crippen LogP contribution in [0.3, 0.4) is 0 Å². The molecule has 0 bridgehead atoms. The predicted molar refractivity (Wildman–Crippen MR) is 76.6 cm³/mol. The summed E-state index contributed by atoms with van der Waals surface area (Å²) in [5, 5.41) is 30.9. The minimum Gasteiger partial charge on any atom is -0.506 e. The number of aromatic hydroxyl groups is 1. The highest BCUT2D eigenvalue weighted by Gasteiger charge is 2.29. The fraction of sp³-hybridized carbons (Fsp3) is 0.312. The second kappa shape index (κ2) is 5.02. The number of aliphatic hydroxyl groups excluding tert-OH is 2. The van der Waals surface area contributed by atoms with Crippen molar-refractivity contribution >= 4 is 16.6 Å². The van der Waals surface area contributed by atoms with Crippen molar-refractivity contribution < 1.29 is 24.9 Å². The first-order valence-electron chi connectivity index (χ1n) is 6.75. The van der Waals surface area contributed by atoms with Crippen LogP contribution in [0.4, 0.5) is 0 Å². The van der Waals surface area contributed by atoms with E-state index >= 15 is 0 Å². The van der Waals surface area contributed by atoms with Gasteiger partial charge in [-0.15, -0.1) is 0 Å². The molecule has 0 saturated carbocycles. The number of benzene rings is 2. The third kappa shape index (κ3) is 2.05. The van der Waals surface area contributed by atoms with Crippen LogP contribution in [0.25, 0.3) is 10.8 Å². The van der Waals surface area contributed by atoms with Gasteiger partial charge in [-0.3, -0.25) is 4.79 Å². The number of methoxy groups -OCH3 is 1. The second-order valence-corrected chi connectivity index (χ2v) is 5.22. The summed E-state index contributed by atoms with van der Waals surface area (Å²) in [7, 11) is 1.46. The molecule has 0 radical (unpaired) electrons. The highest BCUT2D eigenvalue weighted by Crippen LogP contribution is 2.43. The molecular formula is C16H16O5. The van der Waals surface area contributed by atoms with Crippen LogP contribution < -0.4 is 4.74 Å². The maximum Gasteiger partial charge on any atom is 0.167 e. The summed E-state index contributed by atoms with van der Waals surface area (Å²) in [4.78, 5) is 12.1. The number of ether oxygens (including phenoxy) is 1. The van der Waals surface area contributed by atoms with Gasteiger partial charge < -0.3 is 20.1 Å². The van der Waals surface area contributed by atoms with Crippen LogP contribution in [0.15, 0.2) is 18.2 Å². The molecule has 0 amide bonds. The Balaban J connectivity index is 2.41. The number of aliphatic hydroxyl groups is 2. The average Bonchev–Trinajstić information content (AvgIpc) is 2.49. The number of hydrogen-bond donors (Lipinski definition) is 3. The van der Waals surface area contributed by atoms with E-state index in [0.29, 0.717) is 34.1 Å². The number of hydrogen-bond acceptors (Lipinski definition) is 5. The molecule has 21 heavy (non-hydrogen) atoms. The Morgan fingerprint density at radius 3 is 2.76 bits per heavy atom. The summed E-state index contributed by atoms with van der Waals surface area (Å²) in [6, 6.07) is 5.02. The molecular weight excluding hydrogens is 272 g/mol. The molecule has 0 aromatic heterocycles. The largest absolute Gasteiger partial charge is 0.506 e. The smallest absolute Gasteiger partial charge is 0.167 e. The number of rotatable bonds is 2. The van der Waals surface area contributed by atoms with Crippen LogP contribution in [-0.4, -0.2) is 28.2 Å². The second-order valence-electron chi connectivity index (χ2n) is 5.22. The molecule has 3 rings (SSSR count). The van der Waals surface area contributed by atoms with E-state index < -0.39 is 6.10 Å². The van der Waals surface area contributed by atoms with Crippen molar-refractivity contribution in [1.82, 2.24) is 0 Å². The Morgan fingerprint density at radius 2 is 2.10 bits per heavy atom. The fourth-order valence-corrected chi connectivity index (χ4v) is 2.92. The van der Waals surface area contributed by atoms with Crippen LogP contribution in [0, 0.1) is 0 Å². The van der Waals surface area contributed by atoms with E-state index in [2.05, 4.69) is 0 Å². The summed E-state index contributed by atoms with van der Waals surface area (Å²) in [5.41, 5.74) is 1.25. The lowest BCUT2D eigenvalue weighted by Crippen LogP contribution is -2.15. The first-order valence-corrected chi connectivity index (χ1v) is 6.75. The van der Waals surface area contributed by atoms with E-state index in [0.717, 1.165) is 0 Å². The molecule has 2 aromatic carbocycles. The van der Waals surface area contributed by atoms with E-state index in [4.69, 9.17) is 4.74 Å². The maximum absolute atomic E-state index is 12.1. The summed E-state index contributed by atoms with van der Waals surface area (Å²) >= 11 is 0. The van der Waals surface area contributed by atoms with Crippen LogP contribution in [0.5, 0.6) is 11.5 Å². The molecule has 5 nitrogen and oxygen atoms in total. The van der Waals surface area contributed by atoms with E-state index in [1.165, 1.54) is 7.11 Å². The molecule has 1 aliphatic rings. The van der Waals surface area contributed by atoms with Gasteiger partial charge in [0.1, 0.15) is 11.5 Å². The predicted octanol–water partition coefficient (Wildman–Crippen LogP) is 2.06. The zero-order valence-electron chi connectivity index (χ0n) is 11.6. The molecule has 1 aliphatic carbocycles. The maximum atomic E-state index is 12.1. The van der Waals surface area contributed by atoms with Gasteiger partial charge in [0.15, 0.2) is 5.78 Å². The first-order chi connectivity index (χ1) is 10.1. The van der Waals surface area contributed by atoms with Gasteiger partial charge in [0.2, 0.25) is 0 Å². The third-order valence-corrected chi connectivity index (χ3v) is 3.95. The average molecular weight is 288 g/mol. The van der Waals surface area contributed by atoms with Crippen LogP contribution in [-0.2, 0) is 6.61 Å². The molecule has 0 spiro atoms. The molecule has 0 fully saturated rings. The Hall–Kier alpha value is -2.11. The van der Waals surface area contributed by atoms with Gasteiger partial charge in [0.05, 0.1) is 30.8 Å². The zero-order chi connectivity index (χ0) is 15.1. The lowest BCUT2D eigenvalue weighted by atomic mass is 9.85. The zero-order valence-corrected chi connectivity index (χ0v) is 11.6. The number of carbonyl (C=O) groups is 1. The topological polar surface area (TPSA) is 87.0 Å². The van der Waals surface area contributed by atoms with Crippen LogP contribution in [0.1, 0.15) is 40.4 Å². The Labute approximate surface area is 121 Å². The summed E-state index contributed by atoms with van der Waals surface area (Å²) in [6.07, 6.45) is -0.200. The van der Waals surface area contributed by atoms with Gasteiger partial charge in [-0.1, -0.05) is 0 Å². The third-order valence-electron chi connectivity index (χ3n) is 3.95. The SMILES string of the molecule is COc1cc(CO)cc2cc3c(c(O)c12)C(=O)CC[C@@H]3O. The van der Waals surface area contributed by atoms with E-state index in [-0.39, 0.29) is 30.1 Å². The molecule has 0 unspecified atom stereocenters. The normalized spacial score (nSPS) is 17.9. The van der Waals surface area contributed by atoms with E-state index in [1.807, 2.05) is 0 Å². The molecule has 0 heterocycles. The van der Waals surface area contributed by atoms with Gasteiger partial charge in [-0.05, 0) is 41.1 Å². The van der Waals surface area contributed by atoms with Crippen LogP contribution in [0.2, 0.25) is 0 Å². The Bertz CT molecular complexity index is 735. The van der Waals surface area contributed by atoms with E-state index in [1.54, 1.807) is 18.2 Å². The Kier molecular flexibility index (Phi) is 3.31. The number of carbonyl (C=O) groups excluding carboxylic acids is 1. The standard InChI is InChI=1S/C16H16O5/c1-21-13-5-8(7-17)4-9-6-10-11(18)2-3-12(19)15(10)16(20)14(9)13/h4-6,11,17-18,20H,2-3,7H2,1H3/t11-/m0/s1. The van der Waals surface area contributed by atoms with Gasteiger partial charge in [-0.2, -0.15) is 0 Å². The monoisotopic (exact) mass is 288 g/mol. The van der Waals surface area contributed by atoms with Crippen LogP contribution >= 0.6 is 0 Å². The minimum absolute atomic E-state index is 0.160. The van der Waals surface area contributed by atoms with Crippen molar-refractivity contribution in [2.45, 2.75) is 25.6 Å². The lowest BCUT2D eigenvalue weighted by molar-refractivity contribution is 0.0893. The number of Topliss-reactive ketones (excluding diaryl/α,β-unsaturated/α-hetero) is 1. The molecule has 3 N–H and O–H groups in total. The molecule has 2 aromatic rings. The molecule has 0 saturated heterocycles. The highest BCUT2D eigenvalue weighted by molar-refractivity contribution is 6.08. The van der Waals surface area contributed by atoms with Crippen molar-refractivity contribution in [3.63, 3.8) is 0 Å². The van der Waals surface area contributed by atoms with Crippen molar-refractivity contribution in [2.75, 3.05) is 7.11 Å². The van der Waals surface area contributed by atoms with Gasteiger partial charge in [0.25, 0.3) is 0 Å². The van der Waals surface area contributed by atoms with Crippen molar-refractivity contribution in [1.29, 1.82) is 0 Å². The Morgan fingerprint density at radius 1 is 1.33 bits per heavy atom. The number of ketones is 1. The van der Waals surface area contributed by atoms with Crippen molar-refractivity contribution in [2.24, 2.45) is 0 Å². The number of fused-ring (bicyclic) bond motifs is 2. The van der Waals surface area contributed by atoms with Gasteiger partial charge >= 0.3 is 0 Å². The molecule has 1 atom stereocenters. The summed E-state index contributed by atoms with van der Waals surface area (Å²) in [6.45, 7) is -0.161. The number of phenolic OH excluding ortho intramolecular Hbond substituents is 1. The fourth-order valence-electron chi connectivity index (χ4n) is 2.92. The first kappa shape index (κ1) is 13.9. The molecule has 5 heteroatoms. The molecule has 110 valence electrons. The van der Waals surface area contributed by atoms with Crippen molar-refractivity contribution in [3.05, 3.63) is 34.9 Å². The molecule has 0 aliphatic heterocycles. The number of phenols is 1. The highest BCUT2D eigenvalue weighted by atomic mass is 16.5. The lowest BCUT2D eigenvalue weighted by Gasteiger charge is -2.23. The summed E-state index contributed by atoms with van der Waals surface area (Å²) in [5.74, 6) is 0.0558. The quantitative estimate of drug-likeness (QED) is 0.787. The van der Waals surface area contributed by atoms with E-state index in [9.17, 15) is 20.1 Å². The van der Waals surface area contributed by atoms with Crippen molar-refractivity contribution in [3.8, 4) is 11.5 Å². The van der Waals surface area contributed by atoms with Gasteiger partial charge in [0, 0.05) is 6.42 Å². The van der Waals surface area contributed by atoms with Gasteiger partial charge in [-0.25, -0.2) is 0 Å². The minimum atomic E-state index is -0.767.